The van der Waals surface area contributed by atoms with Crippen LogP contribution >= 0.6 is 11.6 Å². The summed E-state index contributed by atoms with van der Waals surface area (Å²) in [5, 5.41) is 21.2. The van der Waals surface area contributed by atoms with E-state index >= 15 is 0 Å². The summed E-state index contributed by atoms with van der Waals surface area (Å²) in [6, 6.07) is 9.72. The van der Waals surface area contributed by atoms with Crippen LogP contribution in [0.2, 0.25) is 5.02 Å². The number of nitro groups is 1. The fourth-order valence-electron chi connectivity index (χ4n) is 3.63. The Morgan fingerprint density at radius 1 is 1.24 bits per heavy atom. The zero-order valence-electron chi connectivity index (χ0n) is 15.0. The summed E-state index contributed by atoms with van der Waals surface area (Å²) >= 11 is 5.96. The molecule has 0 saturated carbocycles. The van der Waals surface area contributed by atoms with Crippen molar-refractivity contribution < 1.29 is 14.8 Å². The maximum Gasteiger partial charge on any atom is 0.407 e. The van der Waals surface area contributed by atoms with E-state index in [1.54, 1.807) is 24.3 Å². The number of benzene rings is 2. The molecule has 2 heterocycles. The van der Waals surface area contributed by atoms with E-state index in [0.717, 1.165) is 0 Å². The largest absolute Gasteiger partial charge is 0.465 e. The molecular weight excluding hydrogens is 400 g/mol. The second-order valence-corrected chi connectivity index (χ2v) is 7.12. The molecule has 1 amide bonds. The number of nitrogens with zero attached hydrogens (tertiary/aromatic N) is 4. The Hall–Kier alpha value is -3.46. The van der Waals surface area contributed by atoms with Crippen LogP contribution in [0.1, 0.15) is 24.7 Å². The molecule has 1 aliphatic rings. The highest BCUT2D eigenvalue weighted by Crippen LogP contribution is 2.32. The molecule has 1 aliphatic heterocycles. The van der Waals surface area contributed by atoms with E-state index in [0.29, 0.717) is 30.1 Å². The van der Waals surface area contributed by atoms with Crippen LogP contribution < -0.4 is 5.56 Å². The van der Waals surface area contributed by atoms with Gasteiger partial charge in [-0.1, -0.05) is 11.6 Å². The number of rotatable bonds is 3. The third-order valence-corrected chi connectivity index (χ3v) is 5.22. The van der Waals surface area contributed by atoms with Crippen LogP contribution in [0.3, 0.4) is 0 Å². The van der Waals surface area contributed by atoms with Crippen molar-refractivity contribution in [3.8, 4) is 5.69 Å². The third-order valence-electron chi connectivity index (χ3n) is 4.97. The first-order chi connectivity index (χ1) is 13.9. The first kappa shape index (κ1) is 18.9. The Balaban J connectivity index is 2.03. The molecule has 29 heavy (non-hydrogen) atoms. The van der Waals surface area contributed by atoms with Crippen LogP contribution in [-0.4, -0.2) is 37.1 Å². The predicted octanol–water partition coefficient (Wildman–Crippen LogP) is 3.76. The molecule has 0 bridgehead atoms. The Kier molecular flexibility index (Phi) is 4.67. The lowest BCUT2D eigenvalue weighted by Crippen LogP contribution is -2.34. The fourth-order valence-corrected chi connectivity index (χ4v) is 3.76. The van der Waals surface area contributed by atoms with Crippen LogP contribution in [0.5, 0.6) is 0 Å². The van der Waals surface area contributed by atoms with Gasteiger partial charge in [0.05, 0.1) is 27.6 Å². The summed E-state index contributed by atoms with van der Waals surface area (Å²) in [5.74, 6) is 0.276. The van der Waals surface area contributed by atoms with E-state index < -0.39 is 22.6 Å². The van der Waals surface area contributed by atoms with E-state index in [1.165, 1.54) is 27.7 Å². The summed E-state index contributed by atoms with van der Waals surface area (Å²) in [7, 11) is 0. The molecule has 0 spiro atoms. The number of aromatic nitrogens is 2. The Bertz CT molecular complexity index is 1190. The lowest BCUT2D eigenvalue weighted by Gasteiger charge is -2.24. The number of amides is 1. The van der Waals surface area contributed by atoms with Crippen molar-refractivity contribution in [3.05, 3.63) is 73.8 Å². The first-order valence-electron chi connectivity index (χ1n) is 8.83. The molecular formula is C19H15ClN4O5. The molecule has 10 heteroatoms. The van der Waals surface area contributed by atoms with Gasteiger partial charge in [0, 0.05) is 23.7 Å². The number of non-ortho nitro benzene ring substituents is 1. The van der Waals surface area contributed by atoms with Crippen molar-refractivity contribution in [1.29, 1.82) is 0 Å². The van der Waals surface area contributed by atoms with Gasteiger partial charge < -0.3 is 5.11 Å². The third kappa shape index (κ3) is 3.29. The van der Waals surface area contributed by atoms with Crippen molar-refractivity contribution in [1.82, 2.24) is 14.5 Å². The van der Waals surface area contributed by atoms with Gasteiger partial charge in [0.2, 0.25) is 0 Å². The number of fused-ring (bicyclic) bond motifs is 1. The number of carboxylic acid groups (broad SMARTS) is 1. The fraction of sp³-hybridized carbons (Fsp3) is 0.211. The van der Waals surface area contributed by atoms with Gasteiger partial charge in [0.25, 0.3) is 11.2 Å². The molecule has 1 N–H and O–H groups in total. The van der Waals surface area contributed by atoms with Gasteiger partial charge in [0.1, 0.15) is 5.82 Å². The molecule has 9 nitrogen and oxygen atoms in total. The quantitative estimate of drug-likeness (QED) is 0.514. The van der Waals surface area contributed by atoms with Crippen molar-refractivity contribution in [2.75, 3.05) is 6.54 Å². The minimum absolute atomic E-state index is 0.0813. The maximum atomic E-state index is 13.3. The van der Waals surface area contributed by atoms with Gasteiger partial charge >= 0.3 is 6.09 Å². The number of carbonyl (C=O) groups is 1. The molecule has 1 saturated heterocycles. The molecule has 1 aromatic heterocycles. The normalized spacial score (nSPS) is 16.3. The van der Waals surface area contributed by atoms with Crippen LogP contribution in [0.25, 0.3) is 16.6 Å². The van der Waals surface area contributed by atoms with Crippen LogP contribution in [0, 0.1) is 10.1 Å². The SMILES string of the molecule is O=C(O)N1CCC[C@@H]1c1nc2ccc([N+](=O)[O-])cc2c(=O)n1-c1ccc(Cl)cc1. The van der Waals surface area contributed by atoms with Gasteiger partial charge in [-0.2, -0.15) is 0 Å². The molecule has 0 unspecified atom stereocenters. The number of hydrogen-bond acceptors (Lipinski definition) is 5. The van der Waals surface area contributed by atoms with Gasteiger partial charge in [-0.3, -0.25) is 24.4 Å². The number of hydrogen-bond donors (Lipinski definition) is 1. The summed E-state index contributed by atoms with van der Waals surface area (Å²) in [6.45, 7) is 0.342. The van der Waals surface area contributed by atoms with Crippen molar-refractivity contribution in [3.63, 3.8) is 0 Å². The average molecular weight is 415 g/mol. The highest BCUT2D eigenvalue weighted by molar-refractivity contribution is 6.30. The minimum atomic E-state index is -1.09. The van der Waals surface area contributed by atoms with Gasteiger partial charge in [-0.05, 0) is 43.2 Å². The van der Waals surface area contributed by atoms with E-state index in [9.17, 15) is 24.8 Å². The van der Waals surface area contributed by atoms with E-state index in [-0.39, 0.29) is 22.4 Å². The van der Waals surface area contributed by atoms with Crippen LogP contribution in [-0.2, 0) is 0 Å². The average Bonchev–Trinajstić information content (AvgIpc) is 3.18. The van der Waals surface area contributed by atoms with E-state index in [4.69, 9.17) is 11.6 Å². The Morgan fingerprint density at radius 2 is 1.97 bits per heavy atom. The second kappa shape index (κ2) is 7.17. The molecule has 4 rings (SSSR count). The molecule has 148 valence electrons. The van der Waals surface area contributed by atoms with E-state index in [1.807, 2.05) is 0 Å². The maximum absolute atomic E-state index is 13.3. The Morgan fingerprint density at radius 3 is 2.62 bits per heavy atom. The minimum Gasteiger partial charge on any atom is -0.465 e. The summed E-state index contributed by atoms with van der Waals surface area (Å²) < 4.78 is 1.31. The molecule has 2 aromatic carbocycles. The summed E-state index contributed by atoms with van der Waals surface area (Å²) in [5.41, 5.74) is -0.00121. The lowest BCUT2D eigenvalue weighted by atomic mass is 10.1. The molecule has 1 atom stereocenters. The lowest BCUT2D eigenvalue weighted by molar-refractivity contribution is -0.384. The van der Waals surface area contributed by atoms with Gasteiger partial charge in [-0.25, -0.2) is 9.78 Å². The molecule has 3 aromatic rings. The summed E-state index contributed by atoms with van der Waals surface area (Å²) in [4.78, 5) is 41.4. The predicted molar refractivity (Wildman–Crippen MR) is 106 cm³/mol. The smallest absolute Gasteiger partial charge is 0.407 e. The highest BCUT2D eigenvalue weighted by atomic mass is 35.5. The van der Waals surface area contributed by atoms with Crippen molar-refractivity contribution in [2.45, 2.75) is 18.9 Å². The number of halogens is 1. The summed E-state index contributed by atoms with van der Waals surface area (Å²) in [6.07, 6.45) is 0.0736. The van der Waals surface area contributed by atoms with Crippen molar-refractivity contribution in [2.24, 2.45) is 0 Å². The monoisotopic (exact) mass is 414 g/mol. The second-order valence-electron chi connectivity index (χ2n) is 6.68. The zero-order valence-corrected chi connectivity index (χ0v) is 15.7. The highest BCUT2D eigenvalue weighted by Gasteiger charge is 2.34. The van der Waals surface area contributed by atoms with Crippen LogP contribution in [0.4, 0.5) is 10.5 Å². The van der Waals surface area contributed by atoms with Crippen LogP contribution in [0.15, 0.2) is 47.3 Å². The molecule has 1 fully saturated rings. The number of likely N-dealkylation sites (tertiary alicyclic amines) is 1. The first-order valence-corrected chi connectivity index (χ1v) is 9.21. The molecule has 0 aliphatic carbocycles. The standard InChI is InChI=1S/C19H15ClN4O5/c20-11-3-5-12(6-4-11)23-17(16-2-1-9-22(16)19(26)27)21-15-8-7-13(24(28)29)10-14(15)18(23)25/h3-8,10,16H,1-2,9H2,(H,26,27)/t16-/m1/s1. The van der Waals surface area contributed by atoms with Crippen molar-refractivity contribution >= 4 is 34.3 Å². The van der Waals surface area contributed by atoms with Gasteiger partial charge in [0.15, 0.2) is 0 Å². The molecule has 0 radical (unpaired) electrons. The Labute approximate surface area is 168 Å². The number of nitro benzene ring substituents is 1. The zero-order chi connectivity index (χ0) is 20.7. The van der Waals surface area contributed by atoms with Gasteiger partial charge in [-0.15, -0.1) is 0 Å². The van der Waals surface area contributed by atoms with E-state index in [2.05, 4.69) is 4.98 Å². The topological polar surface area (TPSA) is 119 Å².